The van der Waals surface area contributed by atoms with Gasteiger partial charge in [-0.2, -0.15) is 5.26 Å². The van der Waals surface area contributed by atoms with E-state index in [1.54, 1.807) is 12.2 Å². The maximum atomic E-state index is 7.94. The van der Waals surface area contributed by atoms with Crippen LogP contribution in [-0.4, -0.2) is 0 Å². The second-order valence-corrected chi connectivity index (χ2v) is 1.01. The summed E-state index contributed by atoms with van der Waals surface area (Å²) in [5, 5.41) is 7.94. The normalized spacial score (nSPS) is 9.25. The Balaban J connectivity index is 3.51. The Morgan fingerprint density at radius 2 is 1.88 bits per heavy atom. The Morgan fingerprint density at radius 3 is 2.38 bits per heavy atom. The molecule has 0 fully saturated rings. The Morgan fingerprint density at radius 1 is 1.25 bits per heavy atom. The van der Waals surface area contributed by atoms with Crippen molar-refractivity contribution < 1.29 is 0 Å². The molecule has 0 aliphatic heterocycles. The zero-order valence-electron chi connectivity index (χ0n) is 4.33. The molecule has 0 aliphatic rings. The van der Waals surface area contributed by atoms with E-state index in [-0.39, 0.29) is 0 Å². The lowest BCUT2D eigenvalue weighted by atomic mass is 10.4. The van der Waals surface area contributed by atoms with Gasteiger partial charge in [0.15, 0.2) is 0 Å². The number of hydrogen-bond acceptors (Lipinski definition) is 1. The standard InChI is InChI=1S/C7H5N/c1-2-3-4-5-6-7-8/h1,3-6H/b4-3-,6-5-. The van der Waals surface area contributed by atoms with Crippen LogP contribution in [0.5, 0.6) is 0 Å². The fraction of sp³-hybridized carbons (Fsp3) is 0. The number of nitriles is 1. The van der Waals surface area contributed by atoms with Crippen molar-refractivity contribution in [2.75, 3.05) is 0 Å². The van der Waals surface area contributed by atoms with Crippen molar-refractivity contribution in [2.45, 2.75) is 0 Å². The molecule has 0 amide bonds. The average Bonchev–Trinajstić information content (AvgIpc) is 1.81. The third-order valence-electron chi connectivity index (χ3n) is 0.474. The van der Waals surface area contributed by atoms with Gasteiger partial charge in [-0.25, -0.2) is 0 Å². The highest BCUT2D eigenvalue weighted by Crippen LogP contribution is 1.72. The van der Waals surface area contributed by atoms with E-state index in [1.807, 2.05) is 6.07 Å². The Kier molecular flexibility index (Phi) is 4.51. The van der Waals surface area contributed by atoms with Crippen LogP contribution in [0.4, 0.5) is 0 Å². The molecule has 0 unspecified atom stereocenters. The van der Waals surface area contributed by atoms with E-state index in [0.29, 0.717) is 0 Å². The minimum absolute atomic E-state index is 1.36. The van der Waals surface area contributed by atoms with Crippen LogP contribution in [-0.2, 0) is 0 Å². The number of rotatable bonds is 1. The first-order valence-electron chi connectivity index (χ1n) is 2.09. The van der Waals surface area contributed by atoms with Crippen molar-refractivity contribution in [3.63, 3.8) is 0 Å². The van der Waals surface area contributed by atoms with Crippen LogP contribution >= 0.6 is 0 Å². The third-order valence-corrected chi connectivity index (χ3v) is 0.474. The summed E-state index contributed by atoms with van der Waals surface area (Å²) in [5.41, 5.74) is 0. The summed E-state index contributed by atoms with van der Waals surface area (Å²) in [7, 11) is 0. The number of terminal acetylenes is 1. The summed E-state index contributed by atoms with van der Waals surface area (Å²) in [6.45, 7) is 0. The molecule has 38 valence electrons. The van der Waals surface area contributed by atoms with Gasteiger partial charge in [-0.3, -0.25) is 0 Å². The second-order valence-electron chi connectivity index (χ2n) is 1.01. The van der Waals surface area contributed by atoms with Crippen LogP contribution in [0.2, 0.25) is 0 Å². The molecule has 0 atom stereocenters. The van der Waals surface area contributed by atoms with Gasteiger partial charge in [0.2, 0.25) is 0 Å². The lowest BCUT2D eigenvalue weighted by molar-refractivity contribution is 1.53. The Labute approximate surface area is 48.9 Å². The summed E-state index contributed by atoms with van der Waals surface area (Å²) in [6, 6.07) is 1.83. The predicted molar refractivity (Wildman–Crippen MR) is 32.7 cm³/mol. The molecule has 0 saturated carbocycles. The monoisotopic (exact) mass is 103 g/mol. The maximum absolute atomic E-state index is 7.94. The molecule has 0 aromatic rings. The molecule has 1 nitrogen and oxygen atoms in total. The van der Waals surface area contributed by atoms with Crippen LogP contribution in [0.1, 0.15) is 0 Å². The molecule has 0 rings (SSSR count). The summed E-state index contributed by atoms with van der Waals surface area (Å²) in [5.74, 6) is 2.29. The number of hydrogen-bond donors (Lipinski definition) is 0. The minimum Gasteiger partial charge on any atom is -0.193 e. The molecule has 0 N–H and O–H groups in total. The van der Waals surface area contributed by atoms with E-state index in [1.165, 1.54) is 12.2 Å². The fourth-order valence-electron chi connectivity index (χ4n) is 0.210. The summed E-state index contributed by atoms with van der Waals surface area (Å²) < 4.78 is 0. The van der Waals surface area contributed by atoms with E-state index < -0.39 is 0 Å². The van der Waals surface area contributed by atoms with Gasteiger partial charge in [-0.1, -0.05) is 18.1 Å². The lowest BCUT2D eigenvalue weighted by Gasteiger charge is -1.61. The van der Waals surface area contributed by atoms with Crippen LogP contribution < -0.4 is 0 Å². The van der Waals surface area contributed by atoms with Gasteiger partial charge in [0.1, 0.15) is 0 Å². The van der Waals surface area contributed by atoms with Crippen molar-refractivity contribution in [3.8, 4) is 18.4 Å². The summed E-state index contributed by atoms with van der Waals surface area (Å²) >= 11 is 0. The Bertz CT molecular complexity index is 152. The molecule has 0 spiro atoms. The second kappa shape index (κ2) is 5.53. The SMILES string of the molecule is C#C/C=C\C=C/C#N. The van der Waals surface area contributed by atoms with Gasteiger partial charge < -0.3 is 0 Å². The highest BCUT2D eigenvalue weighted by molar-refractivity contribution is 5.18. The first kappa shape index (κ1) is 6.53. The predicted octanol–water partition coefficient (Wildman–Crippen LogP) is 1.26. The van der Waals surface area contributed by atoms with Crippen molar-refractivity contribution >= 4 is 0 Å². The summed E-state index contributed by atoms with van der Waals surface area (Å²) in [4.78, 5) is 0. The lowest BCUT2D eigenvalue weighted by Crippen LogP contribution is -1.46. The highest BCUT2D eigenvalue weighted by Gasteiger charge is 1.56. The molecular weight excluding hydrogens is 98.1 g/mol. The molecule has 1 heteroatoms. The molecule has 8 heavy (non-hydrogen) atoms. The van der Waals surface area contributed by atoms with Crippen LogP contribution in [0.15, 0.2) is 24.3 Å². The number of allylic oxidation sites excluding steroid dienone is 4. The zero-order chi connectivity index (χ0) is 6.24. The van der Waals surface area contributed by atoms with Crippen LogP contribution in [0, 0.1) is 23.7 Å². The molecule has 0 heterocycles. The van der Waals surface area contributed by atoms with Gasteiger partial charge in [-0.15, -0.1) is 6.42 Å². The molecule has 0 radical (unpaired) electrons. The largest absolute Gasteiger partial charge is 0.193 e. The quantitative estimate of drug-likeness (QED) is 0.278. The van der Waals surface area contributed by atoms with E-state index >= 15 is 0 Å². The van der Waals surface area contributed by atoms with Crippen molar-refractivity contribution in [2.24, 2.45) is 0 Å². The summed E-state index contributed by atoms with van der Waals surface area (Å²) in [6.07, 6.45) is 10.9. The fourth-order valence-corrected chi connectivity index (χ4v) is 0.210. The molecule has 0 aromatic heterocycles. The van der Waals surface area contributed by atoms with E-state index in [2.05, 4.69) is 5.92 Å². The first-order valence-corrected chi connectivity index (χ1v) is 2.09. The molecule has 0 aliphatic carbocycles. The highest BCUT2D eigenvalue weighted by atomic mass is 14.2. The van der Waals surface area contributed by atoms with Crippen LogP contribution in [0.3, 0.4) is 0 Å². The van der Waals surface area contributed by atoms with E-state index in [4.69, 9.17) is 11.7 Å². The average molecular weight is 103 g/mol. The maximum Gasteiger partial charge on any atom is 0.0912 e. The molecule has 0 saturated heterocycles. The van der Waals surface area contributed by atoms with Gasteiger partial charge >= 0.3 is 0 Å². The first-order chi connectivity index (χ1) is 3.91. The van der Waals surface area contributed by atoms with Gasteiger partial charge in [0.05, 0.1) is 6.07 Å². The van der Waals surface area contributed by atoms with Gasteiger partial charge in [0, 0.05) is 6.08 Å². The minimum atomic E-state index is 1.36. The van der Waals surface area contributed by atoms with Crippen molar-refractivity contribution in [3.05, 3.63) is 24.3 Å². The van der Waals surface area contributed by atoms with Crippen LogP contribution in [0.25, 0.3) is 0 Å². The van der Waals surface area contributed by atoms with Gasteiger partial charge in [0.25, 0.3) is 0 Å². The molecular formula is C7H5N. The van der Waals surface area contributed by atoms with E-state index in [9.17, 15) is 0 Å². The van der Waals surface area contributed by atoms with E-state index in [0.717, 1.165) is 0 Å². The number of nitrogens with zero attached hydrogens (tertiary/aromatic N) is 1. The Hall–Kier alpha value is -1.47. The molecule has 0 bridgehead atoms. The zero-order valence-corrected chi connectivity index (χ0v) is 4.33. The smallest absolute Gasteiger partial charge is 0.0912 e. The van der Waals surface area contributed by atoms with Crippen molar-refractivity contribution in [1.29, 1.82) is 5.26 Å². The molecule has 0 aromatic carbocycles. The topological polar surface area (TPSA) is 23.8 Å². The van der Waals surface area contributed by atoms with Crippen molar-refractivity contribution in [1.82, 2.24) is 0 Å². The third kappa shape index (κ3) is 4.53. The van der Waals surface area contributed by atoms with Gasteiger partial charge in [-0.05, 0) is 6.08 Å².